The minimum atomic E-state index is -0.737. The molecular weight excluding hydrogens is 352 g/mol. The van der Waals surface area contributed by atoms with Crippen LogP contribution in [0.5, 0.6) is 0 Å². The summed E-state index contributed by atoms with van der Waals surface area (Å²) in [5.74, 6) is -0.487. The average Bonchev–Trinajstić information content (AvgIpc) is 2.98. The van der Waals surface area contributed by atoms with E-state index in [0.717, 1.165) is 62.5 Å². The van der Waals surface area contributed by atoms with Crippen LogP contribution < -0.4 is 0 Å². The van der Waals surface area contributed by atoms with Gasteiger partial charge in [0.2, 0.25) is 0 Å². The van der Waals surface area contributed by atoms with Crippen LogP contribution in [0.1, 0.15) is 103 Å². The minimum absolute atomic E-state index is 0.0686. The molecular formula is C24H38O4. The molecule has 0 bridgehead atoms. The SMILES string of the molecule is CCCCCC1(C(O)C=CC2=C(CCCCCCC(=O)O)C(=O)CC2)CCC1. The Kier molecular flexibility index (Phi) is 9.43. The fourth-order valence-corrected chi connectivity index (χ4v) is 4.61. The Labute approximate surface area is 170 Å². The highest BCUT2D eigenvalue weighted by Crippen LogP contribution is 2.48. The second kappa shape index (κ2) is 11.5. The molecule has 4 heteroatoms. The quantitative estimate of drug-likeness (QED) is 0.371. The van der Waals surface area contributed by atoms with Crippen LogP contribution in [0.4, 0.5) is 0 Å². The van der Waals surface area contributed by atoms with Gasteiger partial charge >= 0.3 is 5.97 Å². The third-order valence-corrected chi connectivity index (χ3v) is 6.65. The van der Waals surface area contributed by atoms with E-state index >= 15 is 0 Å². The van der Waals surface area contributed by atoms with Crippen LogP contribution in [0.25, 0.3) is 0 Å². The summed E-state index contributed by atoms with van der Waals surface area (Å²) in [5, 5.41) is 19.5. The van der Waals surface area contributed by atoms with E-state index in [-0.39, 0.29) is 17.6 Å². The van der Waals surface area contributed by atoms with Gasteiger partial charge in [-0.05, 0) is 61.5 Å². The standard InChI is InChI=1S/C24H38O4/c1-2-3-8-16-24(17-9-18-24)22(26)15-13-19-12-14-21(25)20(19)10-6-4-5-7-11-23(27)28/h13,15,22,26H,2-12,14,16-18H2,1H3,(H,27,28). The number of Topliss-reactive ketones (excluding diaryl/α,β-unsaturated/α-hetero) is 1. The number of aliphatic hydroxyl groups excluding tert-OH is 1. The van der Waals surface area contributed by atoms with Gasteiger partial charge in [0.05, 0.1) is 6.10 Å². The van der Waals surface area contributed by atoms with Crippen LogP contribution in [0, 0.1) is 5.41 Å². The van der Waals surface area contributed by atoms with Gasteiger partial charge in [-0.3, -0.25) is 9.59 Å². The van der Waals surface area contributed by atoms with Gasteiger partial charge in [-0.1, -0.05) is 57.6 Å². The zero-order valence-electron chi connectivity index (χ0n) is 17.5. The van der Waals surface area contributed by atoms with Gasteiger partial charge in [0, 0.05) is 12.8 Å². The molecule has 0 saturated heterocycles. The molecule has 158 valence electrons. The van der Waals surface area contributed by atoms with E-state index in [1.165, 1.54) is 25.7 Å². The molecule has 0 aromatic rings. The van der Waals surface area contributed by atoms with Crippen molar-refractivity contribution < 1.29 is 19.8 Å². The van der Waals surface area contributed by atoms with E-state index in [9.17, 15) is 14.7 Å². The highest BCUT2D eigenvalue weighted by Gasteiger charge is 2.41. The van der Waals surface area contributed by atoms with Crippen molar-refractivity contribution in [1.29, 1.82) is 0 Å². The summed E-state index contributed by atoms with van der Waals surface area (Å²) in [4.78, 5) is 22.8. The summed E-state index contributed by atoms with van der Waals surface area (Å²) in [6.07, 6.45) is 17.6. The van der Waals surface area contributed by atoms with Gasteiger partial charge in [0.25, 0.3) is 0 Å². The Morgan fingerprint density at radius 1 is 1.11 bits per heavy atom. The van der Waals surface area contributed by atoms with Crippen LogP contribution in [-0.4, -0.2) is 28.1 Å². The lowest BCUT2D eigenvalue weighted by molar-refractivity contribution is -0.137. The topological polar surface area (TPSA) is 74.6 Å². The summed E-state index contributed by atoms with van der Waals surface area (Å²) in [6.45, 7) is 2.21. The number of aliphatic hydroxyl groups is 1. The number of hydrogen-bond acceptors (Lipinski definition) is 3. The zero-order chi connectivity index (χ0) is 20.4. The van der Waals surface area contributed by atoms with Crippen LogP contribution in [-0.2, 0) is 9.59 Å². The van der Waals surface area contributed by atoms with Crippen molar-refractivity contribution in [3.8, 4) is 0 Å². The molecule has 0 aromatic heterocycles. The molecule has 4 nitrogen and oxygen atoms in total. The van der Waals surface area contributed by atoms with E-state index < -0.39 is 12.1 Å². The van der Waals surface area contributed by atoms with E-state index in [4.69, 9.17) is 5.11 Å². The van der Waals surface area contributed by atoms with Crippen molar-refractivity contribution in [2.45, 2.75) is 109 Å². The fourth-order valence-electron chi connectivity index (χ4n) is 4.61. The van der Waals surface area contributed by atoms with Crippen molar-refractivity contribution in [2.24, 2.45) is 5.41 Å². The number of ketones is 1. The molecule has 1 fully saturated rings. The molecule has 2 aliphatic rings. The summed E-state index contributed by atoms with van der Waals surface area (Å²) in [5.41, 5.74) is 2.12. The summed E-state index contributed by atoms with van der Waals surface area (Å²) >= 11 is 0. The predicted octanol–water partition coefficient (Wildman–Crippen LogP) is 5.74. The molecule has 0 radical (unpaired) electrons. The number of unbranched alkanes of at least 4 members (excludes halogenated alkanes) is 5. The Balaban J connectivity index is 1.86. The third-order valence-electron chi connectivity index (χ3n) is 6.65. The molecule has 0 spiro atoms. The summed E-state index contributed by atoms with van der Waals surface area (Å²) < 4.78 is 0. The highest BCUT2D eigenvalue weighted by atomic mass is 16.4. The normalized spacial score (nSPS) is 20.0. The van der Waals surface area contributed by atoms with Crippen LogP contribution in [0.2, 0.25) is 0 Å². The van der Waals surface area contributed by atoms with Gasteiger partial charge in [-0.15, -0.1) is 0 Å². The van der Waals surface area contributed by atoms with Crippen LogP contribution in [0.3, 0.4) is 0 Å². The van der Waals surface area contributed by atoms with E-state index in [1.54, 1.807) is 0 Å². The Morgan fingerprint density at radius 3 is 2.50 bits per heavy atom. The maximum atomic E-state index is 12.2. The monoisotopic (exact) mass is 390 g/mol. The number of carboxylic acid groups (broad SMARTS) is 1. The molecule has 1 saturated carbocycles. The van der Waals surface area contributed by atoms with E-state index in [2.05, 4.69) is 6.92 Å². The first-order chi connectivity index (χ1) is 13.5. The van der Waals surface area contributed by atoms with Crippen molar-refractivity contribution in [3.05, 3.63) is 23.3 Å². The first-order valence-corrected chi connectivity index (χ1v) is 11.3. The average molecular weight is 391 g/mol. The first-order valence-electron chi connectivity index (χ1n) is 11.3. The van der Waals surface area contributed by atoms with Gasteiger partial charge in [-0.2, -0.15) is 0 Å². The number of aliphatic carboxylic acids is 1. The van der Waals surface area contributed by atoms with Crippen LogP contribution in [0.15, 0.2) is 23.3 Å². The largest absolute Gasteiger partial charge is 0.481 e. The number of hydrogen-bond donors (Lipinski definition) is 2. The second-order valence-electron chi connectivity index (χ2n) is 8.71. The van der Waals surface area contributed by atoms with E-state index in [0.29, 0.717) is 12.8 Å². The molecule has 1 atom stereocenters. The van der Waals surface area contributed by atoms with Gasteiger partial charge < -0.3 is 10.2 Å². The number of carboxylic acids is 1. The smallest absolute Gasteiger partial charge is 0.303 e. The Bertz CT molecular complexity index is 583. The minimum Gasteiger partial charge on any atom is -0.481 e. The lowest BCUT2D eigenvalue weighted by Gasteiger charge is -2.45. The zero-order valence-corrected chi connectivity index (χ0v) is 17.5. The predicted molar refractivity (Wildman–Crippen MR) is 112 cm³/mol. The lowest BCUT2D eigenvalue weighted by atomic mass is 9.62. The number of allylic oxidation sites excluding steroid dienone is 3. The summed E-state index contributed by atoms with van der Waals surface area (Å²) in [6, 6.07) is 0. The number of carbonyl (C=O) groups excluding carboxylic acids is 1. The second-order valence-corrected chi connectivity index (χ2v) is 8.71. The molecule has 2 rings (SSSR count). The van der Waals surface area contributed by atoms with Crippen molar-refractivity contribution in [2.75, 3.05) is 0 Å². The van der Waals surface area contributed by atoms with Gasteiger partial charge in [0.1, 0.15) is 0 Å². The molecule has 0 heterocycles. The van der Waals surface area contributed by atoms with Gasteiger partial charge in [-0.25, -0.2) is 0 Å². The number of rotatable bonds is 14. The molecule has 2 aliphatic carbocycles. The molecule has 28 heavy (non-hydrogen) atoms. The molecule has 0 aliphatic heterocycles. The summed E-state index contributed by atoms with van der Waals surface area (Å²) in [7, 11) is 0. The molecule has 0 aromatic carbocycles. The lowest BCUT2D eigenvalue weighted by Crippen LogP contribution is -2.40. The highest BCUT2D eigenvalue weighted by molar-refractivity contribution is 5.99. The maximum absolute atomic E-state index is 12.2. The molecule has 0 amide bonds. The maximum Gasteiger partial charge on any atom is 0.303 e. The number of carbonyl (C=O) groups is 2. The Hall–Kier alpha value is -1.42. The van der Waals surface area contributed by atoms with Crippen molar-refractivity contribution in [1.82, 2.24) is 0 Å². The van der Waals surface area contributed by atoms with Crippen LogP contribution >= 0.6 is 0 Å². The molecule has 1 unspecified atom stereocenters. The van der Waals surface area contributed by atoms with Crippen molar-refractivity contribution in [3.63, 3.8) is 0 Å². The van der Waals surface area contributed by atoms with Crippen molar-refractivity contribution >= 4 is 11.8 Å². The Morgan fingerprint density at radius 2 is 1.86 bits per heavy atom. The third kappa shape index (κ3) is 6.58. The fraction of sp³-hybridized carbons (Fsp3) is 0.750. The van der Waals surface area contributed by atoms with Gasteiger partial charge in [0.15, 0.2) is 5.78 Å². The van der Waals surface area contributed by atoms with E-state index in [1.807, 2.05) is 12.2 Å². The molecule has 2 N–H and O–H groups in total. The first kappa shape index (κ1) is 22.9.